The first-order valence-corrected chi connectivity index (χ1v) is 20.0. The molecule has 1 fully saturated rings. The van der Waals surface area contributed by atoms with Crippen molar-refractivity contribution >= 4 is 11.9 Å². The first kappa shape index (κ1) is 44.6. The molecule has 0 bridgehead atoms. The third-order valence-electron chi connectivity index (χ3n) is 8.68. The van der Waals surface area contributed by atoms with E-state index in [0.717, 1.165) is 57.8 Å². The number of ether oxygens (including phenoxy) is 3. The second-order valence-corrected chi connectivity index (χ2v) is 13.4. The van der Waals surface area contributed by atoms with E-state index < -0.39 is 6.10 Å². The monoisotopic (exact) mass is 685 g/mol. The second-order valence-electron chi connectivity index (χ2n) is 13.4. The molecule has 49 heavy (non-hydrogen) atoms. The molecule has 1 rings (SSSR count). The molecule has 0 aromatic carbocycles. The van der Waals surface area contributed by atoms with E-state index >= 15 is 0 Å². The summed E-state index contributed by atoms with van der Waals surface area (Å²) in [7, 11) is 0. The van der Waals surface area contributed by atoms with Gasteiger partial charge >= 0.3 is 11.9 Å². The van der Waals surface area contributed by atoms with E-state index in [0.29, 0.717) is 25.0 Å². The lowest BCUT2D eigenvalue weighted by molar-refractivity contribution is -0.152. The molecule has 0 aliphatic carbocycles. The van der Waals surface area contributed by atoms with Crippen molar-refractivity contribution in [2.45, 2.75) is 186 Å². The zero-order valence-corrected chi connectivity index (χ0v) is 31.4. The minimum absolute atomic E-state index is 0.142. The van der Waals surface area contributed by atoms with Gasteiger partial charge in [-0.15, -0.1) is 0 Å². The Morgan fingerprint density at radius 2 is 0.959 bits per heavy atom. The number of hydrogen-bond acceptors (Lipinski definition) is 6. The van der Waals surface area contributed by atoms with Crippen LogP contribution in [0.1, 0.15) is 168 Å². The second kappa shape index (κ2) is 34.0. The topological polar surface area (TPSA) is 85.4 Å². The fraction of sp³-hybridized carbons (Fsp3) is 0.721. The maximum absolute atomic E-state index is 12.0. The van der Waals surface area contributed by atoms with Gasteiger partial charge in [0.1, 0.15) is 19.3 Å². The highest BCUT2D eigenvalue weighted by Gasteiger charge is 2.35. The van der Waals surface area contributed by atoms with E-state index in [2.05, 4.69) is 62.5 Å². The van der Waals surface area contributed by atoms with E-state index in [9.17, 15) is 14.7 Å². The van der Waals surface area contributed by atoms with E-state index in [1.807, 2.05) is 12.2 Å². The van der Waals surface area contributed by atoms with E-state index in [4.69, 9.17) is 14.2 Å². The van der Waals surface area contributed by atoms with Crippen LogP contribution < -0.4 is 0 Å². The first-order valence-electron chi connectivity index (χ1n) is 20.0. The summed E-state index contributed by atoms with van der Waals surface area (Å²) in [4.78, 5) is 23.9. The molecule has 0 aromatic heterocycles. The number of carbonyl (C=O) groups is 2. The predicted molar refractivity (Wildman–Crippen MR) is 204 cm³/mol. The Bertz CT molecular complexity index is 933. The number of hydrogen-bond donors (Lipinski definition) is 1. The number of aliphatic hydroxyl groups is 1. The van der Waals surface area contributed by atoms with E-state index in [1.54, 1.807) is 0 Å². The van der Waals surface area contributed by atoms with Crippen molar-refractivity contribution in [3.63, 3.8) is 0 Å². The van der Waals surface area contributed by atoms with Crippen LogP contribution in [0.15, 0.2) is 60.8 Å². The highest BCUT2D eigenvalue weighted by Crippen LogP contribution is 2.29. The number of epoxide rings is 1. The third kappa shape index (κ3) is 31.3. The quantitative estimate of drug-likeness (QED) is 0.0314. The van der Waals surface area contributed by atoms with Crippen molar-refractivity contribution in [2.75, 3.05) is 13.2 Å². The van der Waals surface area contributed by atoms with Crippen LogP contribution in [0.2, 0.25) is 0 Å². The molecule has 0 amide bonds. The lowest BCUT2D eigenvalue weighted by Crippen LogP contribution is -2.25. The lowest BCUT2D eigenvalue weighted by atomic mass is 10.0. The van der Waals surface area contributed by atoms with Crippen molar-refractivity contribution in [3.05, 3.63) is 60.8 Å². The molecule has 1 saturated heterocycles. The fourth-order valence-electron chi connectivity index (χ4n) is 5.56. The van der Waals surface area contributed by atoms with Gasteiger partial charge in [0, 0.05) is 12.8 Å². The fourth-order valence-corrected chi connectivity index (χ4v) is 5.56. The summed E-state index contributed by atoms with van der Waals surface area (Å²) in [5.74, 6) is -0.664. The highest BCUT2D eigenvalue weighted by molar-refractivity contribution is 5.70. The number of allylic oxidation sites excluding steroid dienone is 8. The van der Waals surface area contributed by atoms with Crippen LogP contribution in [0.3, 0.4) is 0 Å². The normalized spacial score (nSPS) is 17.0. The molecule has 1 aliphatic heterocycles. The van der Waals surface area contributed by atoms with E-state index in [1.165, 1.54) is 77.0 Å². The zero-order chi connectivity index (χ0) is 35.5. The molecular formula is C43H72O6. The van der Waals surface area contributed by atoms with Crippen LogP contribution in [0.25, 0.3) is 0 Å². The Hall–Kier alpha value is -2.44. The predicted octanol–water partition coefficient (Wildman–Crippen LogP) is 11.4. The number of carbonyl (C=O) groups excluding carboxylic acids is 2. The molecule has 1 heterocycles. The molecule has 6 heteroatoms. The lowest BCUT2D eigenvalue weighted by Gasteiger charge is -2.12. The Labute approximate surface area is 300 Å². The van der Waals surface area contributed by atoms with Gasteiger partial charge in [0.15, 0.2) is 0 Å². The molecule has 6 nitrogen and oxygen atoms in total. The van der Waals surface area contributed by atoms with Gasteiger partial charge in [-0.2, -0.15) is 0 Å². The molecular weight excluding hydrogens is 612 g/mol. The maximum Gasteiger partial charge on any atom is 0.306 e. The van der Waals surface area contributed by atoms with Crippen molar-refractivity contribution in [1.82, 2.24) is 0 Å². The van der Waals surface area contributed by atoms with E-state index in [-0.39, 0.29) is 31.6 Å². The van der Waals surface area contributed by atoms with Crippen LogP contribution in [0.5, 0.6) is 0 Å². The van der Waals surface area contributed by atoms with Gasteiger partial charge in [-0.1, -0.05) is 164 Å². The van der Waals surface area contributed by atoms with Gasteiger partial charge in [0.25, 0.3) is 0 Å². The van der Waals surface area contributed by atoms with Crippen LogP contribution in [0, 0.1) is 0 Å². The summed E-state index contributed by atoms with van der Waals surface area (Å²) in [5.41, 5.74) is 0. The van der Waals surface area contributed by atoms with Crippen molar-refractivity contribution < 1.29 is 28.9 Å². The molecule has 0 spiro atoms. The Balaban J connectivity index is 1.87. The minimum atomic E-state index is -0.997. The molecule has 3 atom stereocenters. The number of unbranched alkanes of at least 4 members (excludes halogenated alkanes) is 14. The van der Waals surface area contributed by atoms with Crippen molar-refractivity contribution in [2.24, 2.45) is 0 Å². The number of aliphatic hydroxyl groups excluding tert-OH is 1. The van der Waals surface area contributed by atoms with Gasteiger partial charge < -0.3 is 19.3 Å². The van der Waals surface area contributed by atoms with Crippen LogP contribution >= 0.6 is 0 Å². The van der Waals surface area contributed by atoms with Crippen LogP contribution in [-0.4, -0.2) is 48.6 Å². The van der Waals surface area contributed by atoms with Crippen molar-refractivity contribution in [1.29, 1.82) is 0 Å². The van der Waals surface area contributed by atoms with Crippen LogP contribution in [-0.2, 0) is 23.8 Å². The number of esters is 2. The molecule has 0 radical (unpaired) electrons. The average Bonchev–Trinajstić information content (AvgIpc) is 3.86. The molecule has 1 aliphatic rings. The summed E-state index contributed by atoms with van der Waals surface area (Å²) < 4.78 is 15.9. The average molecular weight is 685 g/mol. The van der Waals surface area contributed by atoms with Gasteiger partial charge in [-0.05, 0) is 51.4 Å². The molecule has 2 unspecified atom stereocenters. The maximum atomic E-state index is 12.0. The molecule has 280 valence electrons. The van der Waals surface area contributed by atoms with Gasteiger partial charge in [0.05, 0.1) is 12.2 Å². The standard InChI is InChI=1S/C43H72O6/c1-3-5-7-8-9-10-11-12-13-14-18-21-24-27-31-35-42(45)47-37-39(44)38-48-43(46)36-32-28-25-22-19-16-15-17-20-23-26-30-34-41-40(49-41)33-29-6-4-2/h6,16-17,19-20,25-26,28-30,39-41,44H,3-5,7-15,18,21-24,27,31-38H2,1-2H3/b19-16-,20-17-,28-25-,29-6-,30-26-/t39-,40?,41?/m1/s1. The van der Waals surface area contributed by atoms with Crippen molar-refractivity contribution in [3.8, 4) is 0 Å². The first-order chi connectivity index (χ1) is 24.1. The summed E-state index contributed by atoms with van der Waals surface area (Å²) in [6, 6.07) is 0. The smallest absolute Gasteiger partial charge is 0.306 e. The molecule has 0 aromatic rings. The Morgan fingerprint density at radius 1 is 0.551 bits per heavy atom. The van der Waals surface area contributed by atoms with Gasteiger partial charge in [-0.3, -0.25) is 9.59 Å². The summed E-state index contributed by atoms with van der Waals surface area (Å²) in [5, 5.41) is 10.0. The summed E-state index contributed by atoms with van der Waals surface area (Å²) >= 11 is 0. The van der Waals surface area contributed by atoms with Crippen LogP contribution in [0.4, 0.5) is 0 Å². The minimum Gasteiger partial charge on any atom is -0.463 e. The van der Waals surface area contributed by atoms with Gasteiger partial charge in [0.2, 0.25) is 0 Å². The number of rotatable bonds is 34. The highest BCUT2D eigenvalue weighted by atomic mass is 16.6. The Morgan fingerprint density at radius 3 is 1.45 bits per heavy atom. The molecule has 0 saturated carbocycles. The SMILES string of the molecule is CC/C=C\CC1OC1C/C=C\C/C=C\C/C=C\C/C=C\CCC(=O)OC[C@H](O)COC(=O)CCCCCCCCCCCCCCCCC. The summed E-state index contributed by atoms with van der Waals surface area (Å²) in [6.45, 7) is 4.11. The Kier molecular flexibility index (Phi) is 31.0. The summed E-state index contributed by atoms with van der Waals surface area (Å²) in [6.07, 6.45) is 47.5. The third-order valence-corrected chi connectivity index (χ3v) is 8.68. The zero-order valence-electron chi connectivity index (χ0n) is 31.4. The molecule has 1 N–H and O–H groups in total. The van der Waals surface area contributed by atoms with Gasteiger partial charge in [-0.25, -0.2) is 0 Å². The largest absolute Gasteiger partial charge is 0.463 e.